The summed E-state index contributed by atoms with van der Waals surface area (Å²) in [4.78, 5) is 44.1. The number of rotatable bonds is 11. The monoisotopic (exact) mass is 1030 g/mol. The fourth-order valence-electron chi connectivity index (χ4n) is 13.8. The number of nitrogens with zero attached hydrogens (tertiary/aromatic N) is 6. The van der Waals surface area contributed by atoms with Crippen molar-refractivity contribution < 1.29 is 37.1 Å². The number of fused-ring (bicyclic) bond motifs is 6. The van der Waals surface area contributed by atoms with E-state index in [4.69, 9.17) is 23.9 Å². The van der Waals surface area contributed by atoms with Crippen LogP contribution >= 0.6 is 0 Å². The molecule has 1 saturated carbocycles. The van der Waals surface area contributed by atoms with Gasteiger partial charge in [0, 0.05) is 92.8 Å². The van der Waals surface area contributed by atoms with Crippen molar-refractivity contribution in [3.05, 3.63) is 99.7 Å². The van der Waals surface area contributed by atoms with E-state index in [-0.39, 0.29) is 53.2 Å². The first-order valence-corrected chi connectivity index (χ1v) is 28.2. The van der Waals surface area contributed by atoms with Gasteiger partial charge in [-0.3, -0.25) is 24.7 Å². The highest BCUT2D eigenvalue weighted by atomic mass is 32.2. The number of aromatic nitrogens is 2. The number of ether oxygens (including phenoxy) is 4. The predicted molar refractivity (Wildman–Crippen MR) is 279 cm³/mol. The fourth-order valence-corrected chi connectivity index (χ4v) is 14.8. The number of amides is 1. The molecule has 390 valence electrons. The number of anilines is 4. The number of nitro groups is 1. The summed E-state index contributed by atoms with van der Waals surface area (Å²) in [5.74, 6) is 0.0201. The number of morpholine rings is 1. The number of aromatic amines is 1. The summed E-state index contributed by atoms with van der Waals surface area (Å²) in [7, 11) is -4.69. The lowest BCUT2D eigenvalue weighted by molar-refractivity contribution is -0.384. The van der Waals surface area contributed by atoms with Crippen molar-refractivity contribution in [1.29, 1.82) is 0 Å². The number of hydrogen-bond acceptors (Lipinski definition) is 15. The molecule has 0 radical (unpaired) electrons. The molecule has 2 bridgehead atoms. The highest BCUT2D eigenvalue weighted by Crippen LogP contribution is 2.55. The summed E-state index contributed by atoms with van der Waals surface area (Å²) in [6.45, 7) is 11.0. The summed E-state index contributed by atoms with van der Waals surface area (Å²) < 4.78 is 55.5. The first-order chi connectivity index (χ1) is 35.8. The molecule has 2 aromatic heterocycles. The van der Waals surface area contributed by atoms with Crippen LogP contribution in [0.25, 0.3) is 11.0 Å². The molecule has 18 nitrogen and oxygen atoms in total. The molecule has 1 aliphatic carbocycles. The molecule has 8 aliphatic rings. The molecule has 0 unspecified atom stereocenters. The van der Waals surface area contributed by atoms with E-state index in [1.54, 1.807) is 6.07 Å². The van der Waals surface area contributed by atoms with Crippen LogP contribution in [0, 0.1) is 21.4 Å². The van der Waals surface area contributed by atoms with E-state index in [0.29, 0.717) is 86.3 Å². The maximum absolute atomic E-state index is 14.8. The van der Waals surface area contributed by atoms with Crippen molar-refractivity contribution in [2.75, 3.05) is 80.8 Å². The van der Waals surface area contributed by atoms with Crippen LogP contribution in [0.5, 0.6) is 11.6 Å². The van der Waals surface area contributed by atoms with Gasteiger partial charge in [0.15, 0.2) is 11.4 Å². The van der Waals surface area contributed by atoms with Gasteiger partial charge in [-0.25, -0.2) is 13.1 Å². The number of benzene rings is 3. The standard InChI is InChI=1S/C55H65N9O9S/c1-33(2)42-6-3-4-7-43(42)45-8-5-16-62(45)39-25-55(26-39)13-17-60(18-14-55)37-9-10-44(46(22-37)63-27-35-12-19-70-32-50(35)73-54-48(63)20-34-11-15-56-52(34)58-54)53(65)59-74(68,69)41-23-47(64(66)67)51-49(24-41)72-30-36(57-51)28-61-29-40-21-38(61)31-71-40/h3-4,6-7,9-11,15,20,22-24,33,35-36,38-40,45,50,57H,5,8,12-14,16-19,21,25-32H2,1-2H3,(H,56,58)(H,59,65)/t35-,36+,38+,40+,45+,50-/m1/s1. The topological polar surface area (TPSA) is 197 Å². The third-order valence-corrected chi connectivity index (χ3v) is 19.0. The zero-order valence-electron chi connectivity index (χ0n) is 42.0. The number of nitro benzene ring substituents is 1. The second-order valence-corrected chi connectivity index (χ2v) is 24.2. The lowest BCUT2D eigenvalue weighted by atomic mass is 9.59. The Morgan fingerprint density at radius 1 is 0.973 bits per heavy atom. The lowest BCUT2D eigenvalue weighted by Gasteiger charge is -2.56. The Kier molecular flexibility index (Phi) is 12.0. The number of hydrogen-bond donors (Lipinski definition) is 3. The Morgan fingerprint density at radius 2 is 1.82 bits per heavy atom. The average Bonchev–Trinajstić information content (AvgIpc) is 4.23. The number of nitrogens with one attached hydrogen (secondary N) is 3. The summed E-state index contributed by atoms with van der Waals surface area (Å²) in [5.41, 5.74) is 5.75. The second-order valence-electron chi connectivity index (χ2n) is 22.5. The van der Waals surface area contributed by atoms with Crippen LogP contribution in [0.3, 0.4) is 0 Å². The molecule has 1 spiro atoms. The van der Waals surface area contributed by atoms with E-state index >= 15 is 0 Å². The molecule has 5 aromatic rings. The molecule has 74 heavy (non-hydrogen) atoms. The largest absolute Gasteiger partial charge is 0.489 e. The van der Waals surface area contributed by atoms with Gasteiger partial charge in [-0.2, -0.15) is 4.98 Å². The second kappa shape index (κ2) is 18.7. The smallest absolute Gasteiger partial charge is 0.297 e. The minimum absolute atomic E-state index is 0.00111. The van der Waals surface area contributed by atoms with Crippen molar-refractivity contribution in [2.45, 2.75) is 112 Å². The zero-order valence-corrected chi connectivity index (χ0v) is 42.9. The zero-order chi connectivity index (χ0) is 50.5. The van der Waals surface area contributed by atoms with E-state index in [1.807, 2.05) is 30.5 Å². The van der Waals surface area contributed by atoms with E-state index in [1.165, 1.54) is 42.9 Å². The van der Waals surface area contributed by atoms with Gasteiger partial charge in [-0.05, 0) is 111 Å². The Labute approximate surface area is 431 Å². The fraction of sp³-hybridized carbons (Fsp3) is 0.527. The molecule has 9 heterocycles. The van der Waals surface area contributed by atoms with Crippen LogP contribution in [0.2, 0.25) is 0 Å². The average molecular weight is 1030 g/mol. The van der Waals surface area contributed by atoms with Gasteiger partial charge in [-0.15, -0.1) is 0 Å². The van der Waals surface area contributed by atoms with E-state index in [2.05, 4.69) is 72.7 Å². The molecular formula is C55H65N9O9S. The van der Waals surface area contributed by atoms with Crippen LogP contribution in [0.1, 0.15) is 98.7 Å². The first kappa shape index (κ1) is 47.7. The third kappa shape index (κ3) is 8.61. The number of pyridine rings is 1. The number of piperidine rings is 1. The van der Waals surface area contributed by atoms with E-state index in [9.17, 15) is 23.3 Å². The van der Waals surface area contributed by atoms with Gasteiger partial charge in [-0.1, -0.05) is 38.1 Å². The minimum Gasteiger partial charge on any atom is -0.489 e. The van der Waals surface area contributed by atoms with Crippen LogP contribution in [-0.2, 0) is 19.5 Å². The molecule has 6 fully saturated rings. The molecule has 1 amide bonds. The van der Waals surface area contributed by atoms with Crippen molar-refractivity contribution in [3.8, 4) is 11.6 Å². The Balaban J connectivity index is 0.785. The van der Waals surface area contributed by atoms with Gasteiger partial charge in [0.2, 0.25) is 5.88 Å². The number of carbonyl (C=O) groups is 1. The molecule has 6 atom stereocenters. The van der Waals surface area contributed by atoms with Gasteiger partial charge in [0.1, 0.15) is 24.0 Å². The molecule has 5 saturated heterocycles. The number of H-pyrrole nitrogens is 1. The van der Waals surface area contributed by atoms with Crippen molar-refractivity contribution >= 4 is 55.4 Å². The molecule has 13 rings (SSSR count). The van der Waals surface area contributed by atoms with Crippen molar-refractivity contribution in [1.82, 2.24) is 24.5 Å². The summed E-state index contributed by atoms with van der Waals surface area (Å²) in [5, 5.41) is 16.7. The van der Waals surface area contributed by atoms with Crippen molar-refractivity contribution in [2.24, 2.45) is 11.3 Å². The maximum atomic E-state index is 14.8. The molecule has 19 heteroatoms. The summed E-state index contributed by atoms with van der Waals surface area (Å²) in [6.07, 6.45) is 10.3. The summed E-state index contributed by atoms with van der Waals surface area (Å²) >= 11 is 0. The van der Waals surface area contributed by atoms with Gasteiger partial charge in [0.05, 0.1) is 46.4 Å². The van der Waals surface area contributed by atoms with E-state index in [0.717, 1.165) is 62.6 Å². The predicted octanol–water partition coefficient (Wildman–Crippen LogP) is 7.88. The third-order valence-electron chi connectivity index (χ3n) is 17.7. The Hall–Kier alpha value is -5.99. The highest BCUT2D eigenvalue weighted by molar-refractivity contribution is 7.90. The van der Waals surface area contributed by atoms with Crippen LogP contribution < -0.4 is 29.3 Å². The van der Waals surface area contributed by atoms with Crippen LogP contribution in [0.15, 0.2) is 77.8 Å². The lowest BCUT2D eigenvalue weighted by Crippen LogP contribution is -2.55. The van der Waals surface area contributed by atoms with E-state index < -0.39 is 31.4 Å². The van der Waals surface area contributed by atoms with Crippen molar-refractivity contribution in [3.63, 3.8) is 0 Å². The molecule has 7 aliphatic heterocycles. The summed E-state index contributed by atoms with van der Waals surface area (Å²) in [6, 6.07) is 21.9. The van der Waals surface area contributed by atoms with Crippen LogP contribution in [-0.4, -0.2) is 135 Å². The first-order valence-electron chi connectivity index (χ1n) is 26.7. The molecule has 3 N–H and O–H groups in total. The quantitative estimate of drug-likeness (QED) is 0.0853. The normalized spacial score (nSPS) is 26.7. The highest BCUT2D eigenvalue weighted by Gasteiger charge is 2.50. The number of carbonyl (C=O) groups excluding carboxylic acids is 1. The SMILES string of the molecule is CC(C)c1ccccc1[C@@H]1CCCN1C1CC2(CCN(c3ccc(C(=O)NS(=O)(=O)c4cc5c(c([N+](=O)[O-])c4)N[C@@H](CN4C[C@@H]6C[C@H]4CO6)CO5)c(N4C[C@H]5CCOC[C@H]5Oc5nc6[nH]ccc6cc54)c3)CC2)C1. The van der Waals surface area contributed by atoms with Gasteiger partial charge >= 0.3 is 0 Å². The Morgan fingerprint density at radius 3 is 2.62 bits per heavy atom. The maximum Gasteiger partial charge on any atom is 0.297 e. The number of likely N-dealkylation sites (tertiary alicyclic amines) is 2. The van der Waals surface area contributed by atoms with Gasteiger partial charge in [0.25, 0.3) is 21.6 Å². The minimum atomic E-state index is -4.69. The van der Waals surface area contributed by atoms with Gasteiger partial charge < -0.3 is 39.0 Å². The molecule has 3 aromatic carbocycles. The Bertz CT molecular complexity index is 3120. The number of sulfonamides is 1. The molecular weight excluding hydrogens is 963 g/mol. The van der Waals surface area contributed by atoms with Crippen LogP contribution in [0.4, 0.5) is 28.4 Å².